The number of carboxylic acids is 1. The van der Waals surface area contributed by atoms with Gasteiger partial charge in [0.05, 0.1) is 0 Å². The van der Waals surface area contributed by atoms with Crippen LogP contribution in [0, 0.1) is 0 Å². The first kappa shape index (κ1) is 17.8. The number of ether oxygens (including phenoxy) is 1. The lowest BCUT2D eigenvalue weighted by molar-refractivity contribution is 0.0655. The maximum absolute atomic E-state index is 10.9. The zero-order valence-corrected chi connectivity index (χ0v) is 15.1. The third kappa shape index (κ3) is 3.64. The molecule has 0 aliphatic heterocycles. The van der Waals surface area contributed by atoms with Crippen LogP contribution in [0.3, 0.4) is 0 Å². The Bertz CT molecular complexity index is 876. The van der Waals surface area contributed by atoms with Gasteiger partial charge >= 0.3 is 5.97 Å². The molecule has 2 aromatic carbocycles. The molecule has 0 aliphatic carbocycles. The van der Waals surface area contributed by atoms with E-state index in [1.54, 1.807) is 6.07 Å². The van der Waals surface area contributed by atoms with Gasteiger partial charge < -0.3 is 14.3 Å². The second kappa shape index (κ2) is 7.08. The summed E-state index contributed by atoms with van der Waals surface area (Å²) in [6.45, 7) is 6.21. The van der Waals surface area contributed by atoms with Crippen molar-refractivity contribution in [3.63, 3.8) is 0 Å². The molecule has 0 spiro atoms. The molecule has 4 heteroatoms. The van der Waals surface area contributed by atoms with Gasteiger partial charge in [-0.25, -0.2) is 4.79 Å². The van der Waals surface area contributed by atoms with Crippen LogP contribution < -0.4 is 4.74 Å². The first-order valence-electron chi connectivity index (χ1n) is 8.53. The minimum Gasteiger partial charge on any atom is -0.483 e. The quantitative estimate of drug-likeness (QED) is 0.643. The third-order valence-electron chi connectivity index (χ3n) is 4.62. The Morgan fingerprint density at radius 1 is 0.962 bits per heavy atom. The van der Waals surface area contributed by atoms with Gasteiger partial charge in [0, 0.05) is 5.41 Å². The smallest absolute Gasteiger partial charge is 0.371 e. The van der Waals surface area contributed by atoms with E-state index in [0.29, 0.717) is 11.5 Å². The van der Waals surface area contributed by atoms with Crippen molar-refractivity contribution in [3.8, 4) is 5.75 Å². The molecule has 26 heavy (non-hydrogen) atoms. The summed E-state index contributed by atoms with van der Waals surface area (Å²) in [6.07, 6.45) is -0.379. The number of rotatable bonds is 6. The SMILES string of the molecule is CC(Oc1ccc(C(C)(C)c2ccccc2)cc1)c1ccc(C(=O)O)o1. The van der Waals surface area contributed by atoms with Crippen molar-refractivity contribution >= 4 is 5.97 Å². The molecule has 0 saturated heterocycles. The molecule has 1 unspecified atom stereocenters. The van der Waals surface area contributed by atoms with Crippen LogP contribution in [-0.4, -0.2) is 11.1 Å². The molecule has 3 aromatic rings. The van der Waals surface area contributed by atoms with Crippen molar-refractivity contribution in [2.24, 2.45) is 0 Å². The molecule has 0 saturated carbocycles. The van der Waals surface area contributed by atoms with Gasteiger partial charge in [-0.3, -0.25) is 0 Å². The molecule has 0 fully saturated rings. The van der Waals surface area contributed by atoms with E-state index in [2.05, 4.69) is 38.1 Å². The van der Waals surface area contributed by atoms with Crippen molar-refractivity contribution in [1.82, 2.24) is 0 Å². The minimum absolute atomic E-state index is 0.0876. The average molecular weight is 350 g/mol. The fourth-order valence-electron chi connectivity index (χ4n) is 2.92. The van der Waals surface area contributed by atoms with Crippen molar-refractivity contribution < 1.29 is 19.1 Å². The number of furan rings is 1. The van der Waals surface area contributed by atoms with Crippen molar-refractivity contribution in [2.75, 3.05) is 0 Å². The summed E-state index contributed by atoms with van der Waals surface area (Å²) in [4.78, 5) is 10.9. The van der Waals surface area contributed by atoms with Crippen LogP contribution in [0.4, 0.5) is 0 Å². The standard InChI is InChI=1S/C22H22O4/c1-15(19-13-14-20(26-19)21(23)24)25-18-11-9-17(10-12-18)22(2,3)16-7-5-4-6-8-16/h4-15H,1-3H3,(H,23,24). The Balaban J connectivity index is 1.74. The molecular weight excluding hydrogens is 328 g/mol. The highest BCUT2D eigenvalue weighted by atomic mass is 16.5. The summed E-state index contributed by atoms with van der Waals surface area (Å²) in [6, 6.07) is 21.4. The predicted molar refractivity (Wildman–Crippen MR) is 99.7 cm³/mol. The number of carboxylic acid groups (broad SMARTS) is 1. The first-order chi connectivity index (χ1) is 12.4. The summed E-state index contributed by atoms with van der Waals surface area (Å²) in [5.74, 6) is 0.0147. The Hall–Kier alpha value is -3.01. The Morgan fingerprint density at radius 3 is 2.15 bits per heavy atom. The fourth-order valence-corrected chi connectivity index (χ4v) is 2.92. The average Bonchev–Trinajstić information content (AvgIpc) is 3.13. The predicted octanol–water partition coefficient (Wildman–Crippen LogP) is 5.44. The molecular formula is C22H22O4. The van der Waals surface area contributed by atoms with Crippen LogP contribution in [-0.2, 0) is 5.41 Å². The molecule has 0 bridgehead atoms. The summed E-state index contributed by atoms with van der Waals surface area (Å²) < 4.78 is 11.2. The van der Waals surface area contributed by atoms with Gasteiger partial charge in [0.25, 0.3) is 0 Å². The van der Waals surface area contributed by atoms with Crippen molar-refractivity contribution in [2.45, 2.75) is 32.3 Å². The summed E-state index contributed by atoms with van der Waals surface area (Å²) in [5, 5.41) is 8.94. The zero-order valence-electron chi connectivity index (χ0n) is 15.1. The van der Waals surface area contributed by atoms with E-state index in [4.69, 9.17) is 14.3 Å². The molecule has 0 aliphatic rings. The topological polar surface area (TPSA) is 59.7 Å². The number of hydrogen-bond acceptors (Lipinski definition) is 3. The van der Waals surface area contributed by atoms with E-state index in [1.807, 2.05) is 37.3 Å². The zero-order chi connectivity index (χ0) is 18.7. The molecule has 0 amide bonds. The van der Waals surface area contributed by atoms with E-state index in [9.17, 15) is 4.79 Å². The highest BCUT2D eigenvalue weighted by Gasteiger charge is 2.23. The lowest BCUT2D eigenvalue weighted by atomic mass is 9.78. The van der Waals surface area contributed by atoms with Crippen LogP contribution in [0.15, 0.2) is 71.1 Å². The Kier molecular flexibility index (Phi) is 4.85. The summed E-state index contributed by atoms with van der Waals surface area (Å²) >= 11 is 0. The number of aromatic carboxylic acids is 1. The van der Waals surface area contributed by atoms with E-state index in [0.717, 1.165) is 0 Å². The molecule has 1 N–H and O–H groups in total. The van der Waals surface area contributed by atoms with Crippen LogP contribution in [0.5, 0.6) is 5.75 Å². The monoisotopic (exact) mass is 350 g/mol. The van der Waals surface area contributed by atoms with Crippen LogP contribution in [0.25, 0.3) is 0 Å². The summed E-state index contributed by atoms with van der Waals surface area (Å²) in [5.41, 5.74) is 2.33. The van der Waals surface area contributed by atoms with Gasteiger partial charge in [0.1, 0.15) is 11.5 Å². The van der Waals surface area contributed by atoms with Gasteiger partial charge in [-0.1, -0.05) is 56.3 Å². The maximum atomic E-state index is 10.9. The van der Waals surface area contributed by atoms with E-state index in [-0.39, 0.29) is 17.3 Å². The molecule has 3 rings (SSSR count). The number of carbonyl (C=O) groups is 1. The van der Waals surface area contributed by atoms with Crippen LogP contribution >= 0.6 is 0 Å². The molecule has 1 heterocycles. The van der Waals surface area contributed by atoms with Gasteiger partial charge in [-0.05, 0) is 42.3 Å². The first-order valence-corrected chi connectivity index (χ1v) is 8.53. The van der Waals surface area contributed by atoms with Crippen LogP contribution in [0.2, 0.25) is 0 Å². The van der Waals surface area contributed by atoms with Crippen molar-refractivity contribution in [3.05, 3.63) is 89.4 Å². The van der Waals surface area contributed by atoms with Gasteiger partial charge in [0.15, 0.2) is 6.10 Å². The van der Waals surface area contributed by atoms with Gasteiger partial charge in [0.2, 0.25) is 5.76 Å². The number of benzene rings is 2. The molecule has 0 radical (unpaired) electrons. The highest BCUT2D eigenvalue weighted by molar-refractivity contribution is 5.84. The molecule has 4 nitrogen and oxygen atoms in total. The Labute approximate surface area is 153 Å². The largest absolute Gasteiger partial charge is 0.483 e. The third-order valence-corrected chi connectivity index (χ3v) is 4.62. The molecule has 134 valence electrons. The second-order valence-corrected chi connectivity index (χ2v) is 6.78. The lowest BCUT2D eigenvalue weighted by Crippen LogP contribution is -2.18. The normalized spacial score (nSPS) is 12.6. The fraction of sp³-hybridized carbons (Fsp3) is 0.227. The molecule has 1 atom stereocenters. The molecule has 1 aromatic heterocycles. The van der Waals surface area contributed by atoms with Gasteiger partial charge in [-0.15, -0.1) is 0 Å². The highest BCUT2D eigenvalue weighted by Crippen LogP contribution is 2.33. The van der Waals surface area contributed by atoms with Gasteiger partial charge in [-0.2, -0.15) is 0 Å². The van der Waals surface area contributed by atoms with E-state index in [1.165, 1.54) is 17.2 Å². The Morgan fingerprint density at radius 2 is 1.58 bits per heavy atom. The van der Waals surface area contributed by atoms with E-state index < -0.39 is 5.97 Å². The van der Waals surface area contributed by atoms with E-state index >= 15 is 0 Å². The lowest BCUT2D eigenvalue weighted by Gasteiger charge is -2.26. The maximum Gasteiger partial charge on any atom is 0.371 e. The minimum atomic E-state index is -1.09. The van der Waals surface area contributed by atoms with Crippen LogP contribution in [0.1, 0.15) is 54.3 Å². The second-order valence-electron chi connectivity index (χ2n) is 6.78. The number of hydrogen-bond donors (Lipinski definition) is 1. The summed E-state index contributed by atoms with van der Waals surface area (Å²) in [7, 11) is 0. The van der Waals surface area contributed by atoms with Crippen molar-refractivity contribution in [1.29, 1.82) is 0 Å².